The highest BCUT2D eigenvalue weighted by atomic mass is 15.3. The van der Waals surface area contributed by atoms with Crippen LogP contribution in [0, 0.1) is 11.3 Å². The molecule has 6 nitrogen and oxygen atoms in total. The number of nitrogens with zero attached hydrogens (tertiary/aromatic N) is 5. The van der Waals surface area contributed by atoms with Crippen molar-refractivity contribution >= 4 is 17.3 Å². The minimum absolute atomic E-state index is 0.636. The van der Waals surface area contributed by atoms with Crippen LogP contribution in [-0.4, -0.2) is 36.1 Å². The Hall–Kier alpha value is -2.81. The first-order chi connectivity index (χ1) is 10.3. The van der Waals surface area contributed by atoms with Gasteiger partial charge in [0, 0.05) is 38.6 Å². The molecule has 1 fully saturated rings. The molecular weight excluding hydrogens is 264 g/mol. The molecule has 0 spiro atoms. The number of nitrogen functional groups attached to an aromatic ring is 1. The van der Waals surface area contributed by atoms with Crippen LogP contribution in [0.15, 0.2) is 36.7 Å². The molecule has 1 saturated heterocycles. The van der Waals surface area contributed by atoms with E-state index in [-0.39, 0.29) is 0 Å². The average Bonchev–Trinajstić information content (AvgIpc) is 2.56. The van der Waals surface area contributed by atoms with E-state index in [4.69, 9.17) is 11.0 Å². The SMILES string of the molecule is N#Cc1ccnc(N2CCN(c3ncccc3N)CC2)c1. The second kappa shape index (κ2) is 5.67. The van der Waals surface area contributed by atoms with Crippen LogP contribution in [0.4, 0.5) is 17.3 Å². The summed E-state index contributed by atoms with van der Waals surface area (Å²) >= 11 is 0. The summed E-state index contributed by atoms with van der Waals surface area (Å²) in [5.41, 5.74) is 7.31. The lowest BCUT2D eigenvalue weighted by molar-refractivity contribution is 0.642. The van der Waals surface area contributed by atoms with Crippen LogP contribution >= 0.6 is 0 Å². The minimum Gasteiger partial charge on any atom is -0.396 e. The molecule has 2 N–H and O–H groups in total. The van der Waals surface area contributed by atoms with Gasteiger partial charge < -0.3 is 15.5 Å². The molecule has 2 aromatic heterocycles. The fraction of sp³-hybridized carbons (Fsp3) is 0.267. The summed E-state index contributed by atoms with van der Waals surface area (Å²) in [5, 5.41) is 8.95. The molecule has 0 atom stereocenters. The number of pyridine rings is 2. The maximum atomic E-state index is 8.95. The summed E-state index contributed by atoms with van der Waals surface area (Å²) in [6, 6.07) is 9.39. The van der Waals surface area contributed by atoms with Crippen LogP contribution in [0.2, 0.25) is 0 Å². The molecule has 21 heavy (non-hydrogen) atoms. The van der Waals surface area contributed by atoms with E-state index >= 15 is 0 Å². The molecule has 0 aromatic carbocycles. The zero-order chi connectivity index (χ0) is 14.7. The van der Waals surface area contributed by atoms with Crippen molar-refractivity contribution in [3.63, 3.8) is 0 Å². The maximum absolute atomic E-state index is 8.95. The molecule has 0 unspecified atom stereocenters. The predicted octanol–water partition coefficient (Wildman–Crippen LogP) is 1.26. The average molecular weight is 280 g/mol. The Morgan fingerprint density at radius 2 is 1.81 bits per heavy atom. The topological polar surface area (TPSA) is 82.1 Å². The summed E-state index contributed by atoms with van der Waals surface area (Å²) in [6.07, 6.45) is 3.44. The van der Waals surface area contributed by atoms with Gasteiger partial charge in [-0.2, -0.15) is 5.26 Å². The highest BCUT2D eigenvalue weighted by Crippen LogP contribution is 2.22. The number of rotatable bonds is 2. The molecular formula is C15H16N6. The van der Waals surface area contributed by atoms with Crippen molar-refractivity contribution in [2.45, 2.75) is 0 Å². The number of hydrogen-bond donors (Lipinski definition) is 1. The minimum atomic E-state index is 0.636. The number of nitrogens with two attached hydrogens (primary N) is 1. The molecule has 0 radical (unpaired) electrons. The highest BCUT2D eigenvalue weighted by molar-refractivity contribution is 5.63. The molecule has 3 rings (SSSR count). The van der Waals surface area contributed by atoms with Gasteiger partial charge in [-0.05, 0) is 24.3 Å². The third-order valence-corrected chi connectivity index (χ3v) is 3.59. The van der Waals surface area contributed by atoms with Crippen molar-refractivity contribution < 1.29 is 0 Å². The van der Waals surface area contributed by atoms with Gasteiger partial charge in [0.15, 0.2) is 5.82 Å². The number of aromatic nitrogens is 2. The Bertz CT molecular complexity index is 670. The standard InChI is InChI=1S/C15H16N6/c16-11-12-3-5-18-14(10-12)20-6-8-21(9-7-20)15-13(17)2-1-4-19-15/h1-5,10H,6-9,17H2. The quantitative estimate of drug-likeness (QED) is 0.891. The van der Waals surface area contributed by atoms with Gasteiger partial charge in [0.25, 0.3) is 0 Å². The Labute approximate surface area is 123 Å². The van der Waals surface area contributed by atoms with E-state index in [1.807, 2.05) is 18.2 Å². The first-order valence-electron chi connectivity index (χ1n) is 6.84. The summed E-state index contributed by atoms with van der Waals surface area (Å²) in [7, 11) is 0. The third-order valence-electron chi connectivity index (χ3n) is 3.59. The van der Waals surface area contributed by atoms with E-state index in [9.17, 15) is 0 Å². The van der Waals surface area contributed by atoms with Gasteiger partial charge in [0.1, 0.15) is 5.82 Å². The summed E-state index contributed by atoms with van der Waals surface area (Å²) in [6.45, 7) is 3.33. The van der Waals surface area contributed by atoms with E-state index in [0.717, 1.165) is 37.8 Å². The monoisotopic (exact) mass is 280 g/mol. The lowest BCUT2D eigenvalue weighted by Gasteiger charge is -2.36. The van der Waals surface area contributed by atoms with E-state index in [1.54, 1.807) is 18.5 Å². The smallest absolute Gasteiger partial charge is 0.151 e. The number of piperazine rings is 1. The fourth-order valence-corrected chi connectivity index (χ4v) is 2.48. The van der Waals surface area contributed by atoms with Gasteiger partial charge in [0.05, 0.1) is 17.3 Å². The van der Waals surface area contributed by atoms with Crippen molar-refractivity contribution in [2.24, 2.45) is 0 Å². The first-order valence-corrected chi connectivity index (χ1v) is 6.84. The Morgan fingerprint density at radius 1 is 1.05 bits per heavy atom. The van der Waals surface area contributed by atoms with Crippen molar-refractivity contribution in [3.8, 4) is 6.07 Å². The zero-order valence-electron chi connectivity index (χ0n) is 11.6. The lowest BCUT2D eigenvalue weighted by Crippen LogP contribution is -2.47. The number of nitriles is 1. The van der Waals surface area contributed by atoms with Crippen LogP contribution in [0.5, 0.6) is 0 Å². The zero-order valence-corrected chi connectivity index (χ0v) is 11.6. The van der Waals surface area contributed by atoms with Gasteiger partial charge in [-0.1, -0.05) is 0 Å². The fourth-order valence-electron chi connectivity index (χ4n) is 2.48. The van der Waals surface area contributed by atoms with E-state index in [0.29, 0.717) is 11.3 Å². The third kappa shape index (κ3) is 2.72. The number of anilines is 3. The van der Waals surface area contributed by atoms with Gasteiger partial charge in [0.2, 0.25) is 0 Å². The normalized spacial score (nSPS) is 14.8. The molecule has 0 amide bonds. The molecule has 1 aliphatic heterocycles. The molecule has 3 heterocycles. The number of hydrogen-bond acceptors (Lipinski definition) is 6. The highest BCUT2D eigenvalue weighted by Gasteiger charge is 2.20. The van der Waals surface area contributed by atoms with Crippen LogP contribution in [0.25, 0.3) is 0 Å². The van der Waals surface area contributed by atoms with Crippen LogP contribution in [0.3, 0.4) is 0 Å². The summed E-state index contributed by atoms with van der Waals surface area (Å²) in [4.78, 5) is 13.1. The van der Waals surface area contributed by atoms with E-state index in [2.05, 4.69) is 25.8 Å². The molecule has 0 aliphatic carbocycles. The Kier molecular flexibility index (Phi) is 3.56. The second-order valence-corrected chi connectivity index (χ2v) is 4.90. The van der Waals surface area contributed by atoms with Crippen molar-refractivity contribution in [3.05, 3.63) is 42.2 Å². The predicted molar refractivity (Wildman–Crippen MR) is 82.0 cm³/mol. The molecule has 6 heteroatoms. The lowest BCUT2D eigenvalue weighted by atomic mass is 10.2. The Balaban J connectivity index is 1.71. The largest absolute Gasteiger partial charge is 0.396 e. The Morgan fingerprint density at radius 3 is 2.52 bits per heavy atom. The van der Waals surface area contributed by atoms with Crippen molar-refractivity contribution in [1.29, 1.82) is 5.26 Å². The van der Waals surface area contributed by atoms with Gasteiger partial charge >= 0.3 is 0 Å². The molecule has 106 valence electrons. The molecule has 1 aliphatic rings. The molecule has 0 bridgehead atoms. The van der Waals surface area contributed by atoms with Crippen molar-refractivity contribution in [1.82, 2.24) is 9.97 Å². The van der Waals surface area contributed by atoms with Crippen LogP contribution < -0.4 is 15.5 Å². The molecule has 0 saturated carbocycles. The summed E-state index contributed by atoms with van der Waals surface area (Å²) in [5.74, 6) is 1.69. The van der Waals surface area contributed by atoms with Crippen molar-refractivity contribution in [2.75, 3.05) is 41.7 Å². The maximum Gasteiger partial charge on any atom is 0.151 e. The molecule has 2 aromatic rings. The van der Waals surface area contributed by atoms with E-state index < -0.39 is 0 Å². The van der Waals surface area contributed by atoms with Gasteiger partial charge in [-0.25, -0.2) is 9.97 Å². The van der Waals surface area contributed by atoms with Crippen LogP contribution in [-0.2, 0) is 0 Å². The van der Waals surface area contributed by atoms with Gasteiger partial charge in [-0.15, -0.1) is 0 Å². The van der Waals surface area contributed by atoms with Gasteiger partial charge in [-0.3, -0.25) is 0 Å². The van der Waals surface area contributed by atoms with Crippen LogP contribution in [0.1, 0.15) is 5.56 Å². The first kappa shape index (κ1) is 13.2. The van der Waals surface area contributed by atoms with E-state index in [1.165, 1.54) is 0 Å². The second-order valence-electron chi connectivity index (χ2n) is 4.90. The summed E-state index contributed by atoms with van der Waals surface area (Å²) < 4.78 is 0.